The van der Waals surface area contributed by atoms with E-state index >= 15 is 0 Å². The van der Waals surface area contributed by atoms with E-state index in [0.29, 0.717) is 11.8 Å². The molecule has 0 amide bonds. The fourth-order valence-corrected chi connectivity index (χ4v) is 2.63. The van der Waals surface area contributed by atoms with Crippen LogP contribution in [0.3, 0.4) is 0 Å². The van der Waals surface area contributed by atoms with Gasteiger partial charge in [-0.15, -0.1) is 0 Å². The molecule has 3 atom stereocenters. The highest BCUT2D eigenvalue weighted by molar-refractivity contribution is 5.24. The van der Waals surface area contributed by atoms with Gasteiger partial charge >= 0.3 is 0 Å². The molecule has 1 aliphatic carbocycles. The van der Waals surface area contributed by atoms with Gasteiger partial charge in [0, 0.05) is 0 Å². The van der Waals surface area contributed by atoms with Gasteiger partial charge < -0.3 is 5.11 Å². The minimum Gasteiger partial charge on any atom is -0.385 e. The second-order valence-electron chi connectivity index (χ2n) is 5.24. The lowest BCUT2D eigenvalue weighted by Gasteiger charge is -2.39. The summed E-state index contributed by atoms with van der Waals surface area (Å²) < 4.78 is 13.2. The second kappa shape index (κ2) is 4.17. The van der Waals surface area contributed by atoms with Crippen LogP contribution in [0.1, 0.15) is 38.7 Å². The van der Waals surface area contributed by atoms with E-state index in [1.165, 1.54) is 12.1 Å². The molecule has 1 nitrogen and oxygen atoms in total. The van der Waals surface area contributed by atoms with Crippen molar-refractivity contribution in [1.29, 1.82) is 0 Å². The molecule has 0 saturated heterocycles. The van der Waals surface area contributed by atoms with Crippen molar-refractivity contribution in [3.63, 3.8) is 0 Å². The van der Waals surface area contributed by atoms with E-state index in [4.69, 9.17) is 0 Å². The molecule has 2 rings (SSSR count). The Kier molecular flexibility index (Phi) is 3.02. The zero-order chi connectivity index (χ0) is 11.8. The highest BCUT2D eigenvalue weighted by Gasteiger charge is 2.37. The molecule has 1 aliphatic rings. The fourth-order valence-electron chi connectivity index (χ4n) is 2.63. The van der Waals surface area contributed by atoms with Gasteiger partial charge in [-0.1, -0.05) is 26.0 Å². The van der Waals surface area contributed by atoms with Crippen molar-refractivity contribution in [2.45, 2.75) is 38.7 Å². The standard InChI is InChI=1S/C14H19FO/c1-10-6-7-14(16,9-11(10)2)12-4-3-5-13(15)8-12/h3-5,8,10-11,16H,6-7,9H2,1-2H3. The largest absolute Gasteiger partial charge is 0.385 e. The van der Waals surface area contributed by atoms with E-state index in [2.05, 4.69) is 13.8 Å². The van der Waals surface area contributed by atoms with Crippen LogP contribution >= 0.6 is 0 Å². The molecule has 1 N–H and O–H groups in total. The zero-order valence-electron chi connectivity index (χ0n) is 9.91. The molecule has 88 valence electrons. The SMILES string of the molecule is CC1CCC(O)(c2cccc(F)c2)CC1C. The molecule has 0 radical (unpaired) electrons. The molecule has 0 heterocycles. The Labute approximate surface area is 96.3 Å². The lowest BCUT2D eigenvalue weighted by atomic mass is 9.70. The van der Waals surface area contributed by atoms with Gasteiger partial charge in [0.25, 0.3) is 0 Å². The Morgan fingerprint density at radius 1 is 1.31 bits per heavy atom. The summed E-state index contributed by atoms with van der Waals surface area (Å²) in [6, 6.07) is 6.38. The maximum absolute atomic E-state index is 13.2. The average Bonchev–Trinajstić information content (AvgIpc) is 2.24. The summed E-state index contributed by atoms with van der Waals surface area (Å²) in [4.78, 5) is 0. The van der Waals surface area contributed by atoms with E-state index < -0.39 is 5.60 Å². The number of benzene rings is 1. The van der Waals surface area contributed by atoms with E-state index in [1.54, 1.807) is 6.07 Å². The van der Waals surface area contributed by atoms with Crippen molar-refractivity contribution >= 4 is 0 Å². The van der Waals surface area contributed by atoms with Crippen molar-refractivity contribution in [2.75, 3.05) is 0 Å². The summed E-state index contributed by atoms with van der Waals surface area (Å²) in [7, 11) is 0. The fraction of sp³-hybridized carbons (Fsp3) is 0.571. The third kappa shape index (κ3) is 2.12. The molecule has 0 bridgehead atoms. The second-order valence-corrected chi connectivity index (χ2v) is 5.24. The van der Waals surface area contributed by atoms with Crippen LogP contribution in [0.2, 0.25) is 0 Å². The first kappa shape index (κ1) is 11.6. The molecule has 0 aromatic heterocycles. The monoisotopic (exact) mass is 222 g/mol. The number of aliphatic hydroxyl groups is 1. The van der Waals surface area contributed by atoms with Crippen LogP contribution in [0.5, 0.6) is 0 Å². The van der Waals surface area contributed by atoms with Crippen LogP contribution in [0.15, 0.2) is 24.3 Å². The minimum absolute atomic E-state index is 0.266. The Hall–Kier alpha value is -0.890. The summed E-state index contributed by atoms with van der Waals surface area (Å²) in [6.07, 6.45) is 2.48. The van der Waals surface area contributed by atoms with Gasteiger partial charge in [-0.05, 0) is 48.8 Å². The lowest BCUT2D eigenvalue weighted by molar-refractivity contribution is -0.0338. The van der Waals surface area contributed by atoms with E-state index in [0.717, 1.165) is 24.8 Å². The topological polar surface area (TPSA) is 20.2 Å². The predicted octanol–water partition coefficient (Wildman–Crippen LogP) is 3.47. The van der Waals surface area contributed by atoms with Crippen molar-refractivity contribution in [3.05, 3.63) is 35.6 Å². The van der Waals surface area contributed by atoms with Gasteiger partial charge in [0.2, 0.25) is 0 Å². The Morgan fingerprint density at radius 2 is 2.06 bits per heavy atom. The van der Waals surface area contributed by atoms with E-state index in [1.807, 2.05) is 6.07 Å². The van der Waals surface area contributed by atoms with Crippen LogP contribution in [0, 0.1) is 17.7 Å². The summed E-state index contributed by atoms with van der Waals surface area (Å²) in [5.41, 5.74) is -0.0974. The molecule has 0 spiro atoms. The van der Waals surface area contributed by atoms with Crippen molar-refractivity contribution in [1.82, 2.24) is 0 Å². The minimum atomic E-state index is -0.825. The maximum Gasteiger partial charge on any atom is 0.123 e. The van der Waals surface area contributed by atoms with Gasteiger partial charge in [-0.3, -0.25) is 0 Å². The average molecular weight is 222 g/mol. The lowest BCUT2D eigenvalue weighted by Crippen LogP contribution is -2.35. The van der Waals surface area contributed by atoms with Crippen molar-refractivity contribution in [3.8, 4) is 0 Å². The summed E-state index contributed by atoms with van der Waals surface area (Å²) in [6.45, 7) is 4.38. The molecular formula is C14H19FO. The van der Waals surface area contributed by atoms with E-state index in [9.17, 15) is 9.50 Å². The molecule has 0 aliphatic heterocycles. The number of halogens is 1. The first-order valence-electron chi connectivity index (χ1n) is 6.00. The third-order valence-electron chi connectivity index (χ3n) is 4.01. The van der Waals surface area contributed by atoms with Crippen LogP contribution in [-0.4, -0.2) is 5.11 Å². The predicted molar refractivity (Wildman–Crippen MR) is 62.5 cm³/mol. The van der Waals surface area contributed by atoms with Gasteiger partial charge in [0.05, 0.1) is 5.60 Å². The molecule has 1 aromatic rings. The highest BCUT2D eigenvalue weighted by atomic mass is 19.1. The van der Waals surface area contributed by atoms with Gasteiger partial charge in [0.1, 0.15) is 5.82 Å². The Balaban J connectivity index is 2.26. The smallest absolute Gasteiger partial charge is 0.123 e. The number of rotatable bonds is 1. The molecule has 2 heteroatoms. The van der Waals surface area contributed by atoms with Gasteiger partial charge in [0.15, 0.2) is 0 Å². The van der Waals surface area contributed by atoms with E-state index in [-0.39, 0.29) is 5.82 Å². The van der Waals surface area contributed by atoms with Gasteiger partial charge in [-0.2, -0.15) is 0 Å². The molecule has 1 saturated carbocycles. The molecule has 16 heavy (non-hydrogen) atoms. The summed E-state index contributed by atoms with van der Waals surface area (Å²) in [5.74, 6) is 0.869. The maximum atomic E-state index is 13.2. The third-order valence-corrected chi connectivity index (χ3v) is 4.01. The normalized spacial score (nSPS) is 35.0. The van der Waals surface area contributed by atoms with Crippen LogP contribution in [0.25, 0.3) is 0 Å². The molecule has 1 fully saturated rings. The summed E-state index contributed by atoms with van der Waals surface area (Å²) in [5, 5.41) is 10.6. The molecular weight excluding hydrogens is 203 g/mol. The first-order chi connectivity index (χ1) is 7.51. The van der Waals surface area contributed by atoms with Gasteiger partial charge in [-0.25, -0.2) is 4.39 Å². The Morgan fingerprint density at radius 3 is 2.69 bits per heavy atom. The van der Waals surface area contributed by atoms with Crippen LogP contribution in [0.4, 0.5) is 4.39 Å². The molecule has 1 aromatic carbocycles. The van der Waals surface area contributed by atoms with Crippen LogP contribution < -0.4 is 0 Å². The highest BCUT2D eigenvalue weighted by Crippen LogP contribution is 2.42. The quantitative estimate of drug-likeness (QED) is 0.771. The number of hydrogen-bond acceptors (Lipinski definition) is 1. The summed E-state index contributed by atoms with van der Waals surface area (Å²) >= 11 is 0. The van der Waals surface area contributed by atoms with Crippen molar-refractivity contribution < 1.29 is 9.50 Å². The Bertz CT molecular complexity index is 377. The zero-order valence-corrected chi connectivity index (χ0v) is 9.91. The van der Waals surface area contributed by atoms with Crippen molar-refractivity contribution in [2.24, 2.45) is 11.8 Å². The van der Waals surface area contributed by atoms with Crippen LogP contribution in [-0.2, 0) is 5.60 Å². The molecule has 3 unspecified atom stereocenters. The first-order valence-corrected chi connectivity index (χ1v) is 6.00. The number of hydrogen-bond donors (Lipinski definition) is 1.